The molecule has 0 fully saturated rings. The number of nitrogen functional groups attached to an aromatic ring is 1. The van der Waals surface area contributed by atoms with Gasteiger partial charge in [0.2, 0.25) is 0 Å². The lowest BCUT2D eigenvalue weighted by Gasteiger charge is -2.04. The molecular weight excluding hydrogens is 246 g/mol. The van der Waals surface area contributed by atoms with E-state index in [1.54, 1.807) is 23.5 Å². The third-order valence-corrected chi connectivity index (χ3v) is 3.29. The Bertz CT molecular complexity index is 491. The number of thiophene rings is 1. The molecule has 1 aromatic carbocycles. The van der Waals surface area contributed by atoms with Gasteiger partial charge in [-0.05, 0) is 40.1 Å². The Morgan fingerprint density at radius 3 is 2.61 bits per heavy atom. The summed E-state index contributed by atoms with van der Waals surface area (Å²) < 4.78 is 5.18. The van der Waals surface area contributed by atoms with Crippen LogP contribution in [0.3, 0.4) is 0 Å². The van der Waals surface area contributed by atoms with E-state index in [1.807, 2.05) is 23.6 Å². The Kier molecular flexibility index (Phi) is 4.36. The molecule has 2 aromatic rings. The molecule has 0 amide bonds. The van der Waals surface area contributed by atoms with Crippen LogP contribution in [0.5, 0.6) is 0 Å². The minimum atomic E-state index is -0.199. The van der Waals surface area contributed by atoms with Crippen LogP contribution in [0.15, 0.2) is 41.1 Å². The van der Waals surface area contributed by atoms with Crippen LogP contribution in [0.2, 0.25) is 0 Å². The van der Waals surface area contributed by atoms with E-state index in [1.165, 1.54) is 5.56 Å². The zero-order valence-electron chi connectivity index (χ0n) is 9.96. The summed E-state index contributed by atoms with van der Waals surface area (Å²) in [4.78, 5) is 11.6. The van der Waals surface area contributed by atoms with Crippen molar-refractivity contribution in [3.8, 4) is 0 Å². The molecule has 1 heterocycles. The van der Waals surface area contributed by atoms with E-state index in [9.17, 15) is 4.79 Å². The highest BCUT2D eigenvalue weighted by Gasteiger charge is 2.04. The Hall–Kier alpha value is -1.81. The highest BCUT2D eigenvalue weighted by atomic mass is 32.1. The van der Waals surface area contributed by atoms with E-state index in [-0.39, 0.29) is 5.97 Å². The first-order valence-electron chi connectivity index (χ1n) is 5.75. The molecule has 0 saturated carbocycles. The average molecular weight is 261 g/mol. The van der Waals surface area contributed by atoms with Gasteiger partial charge < -0.3 is 10.5 Å². The summed E-state index contributed by atoms with van der Waals surface area (Å²) in [5.41, 5.74) is 8.41. The number of hydrogen-bond donors (Lipinski definition) is 1. The van der Waals surface area contributed by atoms with Gasteiger partial charge in [-0.2, -0.15) is 11.3 Å². The van der Waals surface area contributed by atoms with Gasteiger partial charge in [0.1, 0.15) is 0 Å². The molecule has 3 nitrogen and oxygen atoms in total. The average Bonchev–Trinajstić information content (AvgIpc) is 2.85. The lowest BCUT2D eigenvalue weighted by atomic mass is 10.1. The second kappa shape index (κ2) is 6.21. The van der Waals surface area contributed by atoms with E-state index in [4.69, 9.17) is 10.5 Å². The quantitative estimate of drug-likeness (QED) is 0.665. The van der Waals surface area contributed by atoms with Crippen LogP contribution in [0.1, 0.15) is 11.1 Å². The molecule has 0 spiro atoms. The van der Waals surface area contributed by atoms with Gasteiger partial charge in [0.05, 0.1) is 13.0 Å². The largest absolute Gasteiger partial charge is 0.465 e. The van der Waals surface area contributed by atoms with Crippen molar-refractivity contribution >= 4 is 23.0 Å². The van der Waals surface area contributed by atoms with Gasteiger partial charge in [-0.1, -0.05) is 12.1 Å². The smallest absolute Gasteiger partial charge is 0.310 e. The van der Waals surface area contributed by atoms with E-state index < -0.39 is 0 Å². The number of anilines is 1. The summed E-state index contributed by atoms with van der Waals surface area (Å²) in [6, 6.07) is 9.30. The summed E-state index contributed by atoms with van der Waals surface area (Å²) in [5, 5.41) is 4.08. The second-order valence-electron chi connectivity index (χ2n) is 4.02. The lowest BCUT2D eigenvalue weighted by molar-refractivity contribution is -0.142. The van der Waals surface area contributed by atoms with Crippen LogP contribution in [0, 0.1) is 0 Å². The minimum absolute atomic E-state index is 0.199. The fourth-order valence-electron chi connectivity index (χ4n) is 1.57. The van der Waals surface area contributed by atoms with Gasteiger partial charge in [-0.25, -0.2) is 0 Å². The van der Waals surface area contributed by atoms with E-state index in [0.29, 0.717) is 18.7 Å². The summed E-state index contributed by atoms with van der Waals surface area (Å²) in [6.45, 7) is 0.435. The van der Waals surface area contributed by atoms with Crippen molar-refractivity contribution in [3.05, 3.63) is 52.2 Å². The van der Waals surface area contributed by atoms with Crippen molar-refractivity contribution in [1.29, 1.82) is 0 Å². The normalized spacial score (nSPS) is 10.2. The van der Waals surface area contributed by atoms with Crippen molar-refractivity contribution in [1.82, 2.24) is 0 Å². The lowest BCUT2D eigenvalue weighted by Crippen LogP contribution is -2.10. The molecule has 0 bridgehead atoms. The molecule has 0 unspecified atom stereocenters. The van der Waals surface area contributed by atoms with Crippen molar-refractivity contribution in [2.75, 3.05) is 12.3 Å². The summed E-state index contributed by atoms with van der Waals surface area (Å²) in [6.07, 6.45) is 1.07. The Morgan fingerprint density at radius 1 is 1.17 bits per heavy atom. The van der Waals surface area contributed by atoms with E-state index in [0.717, 1.165) is 12.0 Å². The summed E-state index contributed by atoms with van der Waals surface area (Å²) >= 11 is 1.65. The third-order valence-electron chi connectivity index (χ3n) is 2.56. The zero-order chi connectivity index (χ0) is 12.8. The third kappa shape index (κ3) is 3.89. The van der Waals surface area contributed by atoms with Crippen molar-refractivity contribution < 1.29 is 9.53 Å². The maximum Gasteiger partial charge on any atom is 0.310 e. The molecular formula is C14H15NO2S. The highest BCUT2D eigenvalue weighted by Crippen LogP contribution is 2.08. The van der Waals surface area contributed by atoms with E-state index in [2.05, 4.69) is 5.38 Å². The van der Waals surface area contributed by atoms with Crippen LogP contribution >= 0.6 is 11.3 Å². The molecule has 0 aliphatic carbocycles. The minimum Gasteiger partial charge on any atom is -0.465 e. The Balaban J connectivity index is 1.73. The molecule has 0 aliphatic heterocycles. The first-order chi connectivity index (χ1) is 8.74. The number of carbonyl (C=O) groups excluding carboxylic acids is 1. The van der Waals surface area contributed by atoms with Crippen molar-refractivity contribution in [2.24, 2.45) is 0 Å². The van der Waals surface area contributed by atoms with E-state index >= 15 is 0 Å². The number of ether oxygens (including phenoxy) is 1. The maximum atomic E-state index is 11.6. The second-order valence-corrected chi connectivity index (χ2v) is 4.80. The molecule has 0 saturated heterocycles. The molecule has 0 radical (unpaired) electrons. The number of hydrogen-bond acceptors (Lipinski definition) is 4. The topological polar surface area (TPSA) is 52.3 Å². The van der Waals surface area contributed by atoms with Gasteiger partial charge in [-0.15, -0.1) is 0 Å². The standard InChI is InChI=1S/C14H15NO2S/c15-13-3-1-11(2-4-13)9-14(16)17-7-5-12-6-8-18-10-12/h1-4,6,8,10H,5,7,9,15H2. The first kappa shape index (κ1) is 12.6. The number of benzene rings is 1. The molecule has 0 atom stereocenters. The Morgan fingerprint density at radius 2 is 1.94 bits per heavy atom. The highest BCUT2D eigenvalue weighted by molar-refractivity contribution is 7.07. The summed E-state index contributed by atoms with van der Waals surface area (Å²) in [5.74, 6) is -0.199. The van der Waals surface area contributed by atoms with Gasteiger partial charge in [0, 0.05) is 12.1 Å². The first-order valence-corrected chi connectivity index (χ1v) is 6.69. The molecule has 2 N–H and O–H groups in total. The molecule has 18 heavy (non-hydrogen) atoms. The Labute approximate surface area is 110 Å². The van der Waals surface area contributed by atoms with Crippen LogP contribution in [-0.2, 0) is 22.4 Å². The molecule has 4 heteroatoms. The van der Waals surface area contributed by atoms with Gasteiger partial charge in [0.25, 0.3) is 0 Å². The molecule has 0 aliphatic rings. The SMILES string of the molecule is Nc1ccc(CC(=O)OCCc2ccsc2)cc1. The zero-order valence-corrected chi connectivity index (χ0v) is 10.8. The van der Waals surface area contributed by atoms with Crippen molar-refractivity contribution in [2.45, 2.75) is 12.8 Å². The van der Waals surface area contributed by atoms with Crippen molar-refractivity contribution in [3.63, 3.8) is 0 Å². The maximum absolute atomic E-state index is 11.6. The summed E-state index contributed by atoms with van der Waals surface area (Å²) in [7, 11) is 0. The molecule has 94 valence electrons. The number of nitrogens with two attached hydrogens (primary N) is 1. The van der Waals surface area contributed by atoms with Gasteiger partial charge in [0.15, 0.2) is 0 Å². The molecule has 1 aromatic heterocycles. The number of esters is 1. The van der Waals surface area contributed by atoms with Gasteiger partial charge >= 0.3 is 5.97 Å². The van der Waals surface area contributed by atoms with Crippen LogP contribution < -0.4 is 5.73 Å². The van der Waals surface area contributed by atoms with Gasteiger partial charge in [-0.3, -0.25) is 4.79 Å². The number of carbonyl (C=O) groups is 1. The number of rotatable bonds is 5. The predicted octanol–water partition coefficient (Wildman–Crippen LogP) is 2.66. The molecule has 2 rings (SSSR count). The predicted molar refractivity (Wildman–Crippen MR) is 73.5 cm³/mol. The fourth-order valence-corrected chi connectivity index (χ4v) is 2.27. The fraction of sp³-hybridized carbons (Fsp3) is 0.214. The van der Waals surface area contributed by atoms with Crippen LogP contribution in [0.25, 0.3) is 0 Å². The van der Waals surface area contributed by atoms with Crippen LogP contribution in [0.4, 0.5) is 5.69 Å². The monoisotopic (exact) mass is 261 g/mol. The van der Waals surface area contributed by atoms with Crippen LogP contribution in [-0.4, -0.2) is 12.6 Å².